The number of hydrogen-bond donors (Lipinski definition) is 1. The third-order valence-electron chi connectivity index (χ3n) is 1.78. The van der Waals surface area contributed by atoms with Gasteiger partial charge in [-0.2, -0.15) is 0 Å². The Hall–Kier alpha value is -0.0700. The Balaban J connectivity index is 3.33. The van der Waals surface area contributed by atoms with Gasteiger partial charge in [0.05, 0.1) is 6.61 Å². The molecule has 0 saturated heterocycles. The topological polar surface area (TPSA) is 33.1 Å². The molecule has 0 amide bonds. The number of rotatable bonds is 3. The number of alkyl halides is 3. The van der Waals surface area contributed by atoms with Gasteiger partial charge in [-0.15, -0.1) is 0 Å². The molecule has 2 nitrogen and oxygen atoms in total. The van der Waals surface area contributed by atoms with Crippen LogP contribution in [0.3, 0.4) is 0 Å². The Morgan fingerprint density at radius 1 is 1.43 bits per heavy atom. The molecular weight excluding hydrogens is 324 g/mol. The quantitative estimate of drug-likeness (QED) is 0.863. The van der Waals surface area contributed by atoms with Crippen LogP contribution in [0.5, 0.6) is 0 Å². The molecule has 1 aromatic heterocycles. The van der Waals surface area contributed by atoms with E-state index in [0.717, 1.165) is 0 Å². The predicted octanol–water partition coefficient (Wildman–Crippen LogP) is 3.17. The molecule has 0 fully saturated rings. The van der Waals surface area contributed by atoms with Gasteiger partial charge in [-0.05, 0) is 27.1 Å². The van der Waals surface area contributed by atoms with E-state index in [1.165, 1.54) is 6.20 Å². The van der Waals surface area contributed by atoms with Crippen molar-refractivity contribution in [3.05, 3.63) is 27.5 Å². The van der Waals surface area contributed by atoms with Gasteiger partial charge >= 0.3 is 0 Å². The molecule has 0 aliphatic rings. The minimum absolute atomic E-state index is 0.245. The van der Waals surface area contributed by atoms with E-state index < -0.39 is 6.43 Å². The van der Waals surface area contributed by atoms with Gasteiger partial charge in [-0.1, -0.05) is 15.9 Å². The van der Waals surface area contributed by atoms with Gasteiger partial charge in [-0.3, -0.25) is 4.98 Å². The minimum atomic E-state index is -2.62. The molecule has 1 N–H and O–H groups in total. The number of aliphatic hydroxyl groups is 1. The van der Waals surface area contributed by atoms with Gasteiger partial charge in [0.2, 0.25) is 0 Å². The van der Waals surface area contributed by atoms with Crippen molar-refractivity contribution in [2.75, 3.05) is 0 Å². The number of nitrogens with zero attached hydrogens (tertiary/aromatic N) is 1. The van der Waals surface area contributed by atoms with Crippen LogP contribution in [0.1, 0.15) is 23.2 Å². The average Bonchev–Trinajstić information content (AvgIpc) is 2.16. The molecule has 0 bridgehead atoms. The molecule has 78 valence electrons. The predicted molar refractivity (Wildman–Crippen MR) is 55.4 cm³/mol. The molecule has 0 aliphatic heterocycles. The zero-order valence-corrected chi connectivity index (χ0v) is 10.1. The monoisotopic (exact) mass is 329 g/mol. The maximum Gasteiger partial charge on any atom is 0.280 e. The molecule has 0 aliphatic carbocycles. The Labute approximate surface area is 96.6 Å². The fourth-order valence-corrected chi connectivity index (χ4v) is 2.18. The third-order valence-corrected chi connectivity index (χ3v) is 3.02. The smallest absolute Gasteiger partial charge is 0.280 e. The lowest BCUT2D eigenvalue weighted by molar-refractivity contribution is 0.144. The van der Waals surface area contributed by atoms with Crippen molar-refractivity contribution in [2.45, 2.75) is 18.4 Å². The number of pyridine rings is 1. The lowest BCUT2D eigenvalue weighted by Crippen LogP contribution is -2.03. The maximum absolute atomic E-state index is 12.5. The van der Waals surface area contributed by atoms with E-state index in [1.807, 2.05) is 0 Å². The van der Waals surface area contributed by atoms with E-state index in [2.05, 4.69) is 36.8 Å². The van der Waals surface area contributed by atoms with Gasteiger partial charge in [0.15, 0.2) is 0 Å². The Kier molecular flexibility index (Phi) is 4.40. The molecule has 0 saturated carbocycles. The average molecular weight is 331 g/mol. The molecule has 1 aromatic rings. The molecular formula is C8H7Br2F2NO. The summed E-state index contributed by atoms with van der Waals surface area (Å²) in [7, 11) is 0. The van der Waals surface area contributed by atoms with Crippen molar-refractivity contribution in [2.24, 2.45) is 0 Å². The summed E-state index contributed by atoms with van der Waals surface area (Å²) in [5, 5.41) is 9.26. The molecule has 14 heavy (non-hydrogen) atoms. The molecule has 0 spiro atoms. The number of hydrogen-bond acceptors (Lipinski definition) is 2. The van der Waals surface area contributed by atoms with E-state index in [9.17, 15) is 8.78 Å². The highest BCUT2D eigenvalue weighted by Crippen LogP contribution is 2.29. The normalized spacial score (nSPS) is 11.0. The van der Waals surface area contributed by atoms with Gasteiger partial charge < -0.3 is 5.11 Å². The van der Waals surface area contributed by atoms with Crippen LogP contribution in [0.4, 0.5) is 8.78 Å². The van der Waals surface area contributed by atoms with Crippen LogP contribution in [0.25, 0.3) is 0 Å². The van der Waals surface area contributed by atoms with Crippen molar-refractivity contribution in [3.63, 3.8) is 0 Å². The van der Waals surface area contributed by atoms with E-state index in [-0.39, 0.29) is 17.6 Å². The highest BCUT2D eigenvalue weighted by molar-refractivity contribution is 9.10. The van der Waals surface area contributed by atoms with Gasteiger partial charge in [0.1, 0.15) is 5.69 Å². The summed E-state index contributed by atoms with van der Waals surface area (Å²) in [6, 6.07) is 0. The second-order valence-corrected chi connectivity index (χ2v) is 3.96. The minimum Gasteiger partial charge on any atom is -0.392 e. The third kappa shape index (κ3) is 2.29. The largest absolute Gasteiger partial charge is 0.392 e. The van der Waals surface area contributed by atoms with Crippen molar-refractivity contribution in [3.8, 4) is 0 Å². The summed E-state index contributed by atoms with van der Waals surface area (Å²) >= 11 is 6.24. The molecule has 1 heterocycles. The van der Waals surface area contributed by atoms with Crippen LogP contribution in [0.15, 0.2) is 10.7 Å². The summed E-state index contributed by atoms with van der Waals surface area (Å²) in [4.78, 5) is 3.62. The highest BCUT2D eigenvalue weighted by Gasteiger charge is 2.18. The van der Waals surface area contributed by atoms with Crippen LogP contribution in [0, 0.1) is 0 Å². The molecule has 6 heteroatoms. The van der Waals surface area contributed by atoms with Gasteiger partial charge in [-0.25, -0.2) is 8.78 Å². The molecule has 0 aromatic carbocycles. The molecule has 0 unspecified atom stereocenters. The van der Waals surface area contributed by atoms with E-state index in [0.29, 0.717) is 15.6 Å². The van der Waals surface area contributed by atoms with Crippen molar-refractivity contribution < 1.29 is 13.9 Å². The van der Waals surface area contributed by atoms with E-state index >= 15 is 0 Å². The van der Waals surface area contributed by atoms with Gasteiger partial charge in [0.25, 0.3) is 6.43 Å². The van der Waals surface area contributed by atoms with Crippen LogP contribution in [0.2, 0.25) is 0 Å². The number of aromatic nitrogens is 1. The fraction of sp³-hybridized carbons (Fsp3) is 0.375. The summed E-state index contributed by atoms with van der Waals surface area (Å²) in [5.41, 5.74) is 0.512. The lowest BCUT2D eigenvalue weighted by Gasteiger charge is -2.11. The van der Waals surface area contributed by atoms with Crippen LogP contribution < -0.4 is 0 Å². The van der Waals surface area contributed by atoms with E-state index in [1.54, 1.807) is 0 Å². The highest BCUT2D eigenvalue weighted by atomic mass is 79.9. The summed E-state index contributed by atoms with van der Waals surface area (Å²) in [6.45, 7) is -0.288. The zero-order chi connectivity index (χ0) is 10.7. The second-order valence-electron chi connectivity index (χ2n) is 2.54. The zero-order valence-electron chi connectivity index (χ0n) is 6.98. The first kappa shape index (κ1) is 12.0. The van der Waals surface area contributed by atoms with Crippen molar-refractivity contribution in [1.29, 1.82) is 0 Å². The van der Waals surface area contributed by atoms with Crippen LogP contribution in [-0.4, -0.2) is 10.1 Å². The molecule has 0 radical (unpaired) electrons. The number of halogens is 4. The first-order valence-electron chi connectivity index (χ1n) is 3.73. The first-order valence-corrected chi connectivity index (χ1v) is 5.64. The summed E-state index contributed by atoms with van der Waals surface area (Å²) < 4.78 is 25.5. The lowest BCUT2D eigenvalue weighted by atomic mass is 10.1. The van der Waals surface area contributed by atoms with E-state index in [4.69, 9.17) is 5.11 Å². The maximum atomic E-state index is 12.5. The second kappa shape index (κ2) is 5.14. The standard InChI is InChI=1S/C8H7Br2F2NO/c9-1-4-5(3-14)6(10)2-13-7(4)8(11)12/h2,8,14H,1,3H2. The summed E-state index contributed by atoms with van der Waals surface area (Å²) in [6.07, 6.45) is -1.35. The SMILES string of the molecule is OCc1c(Br)cnc(C(F)F)c1CBr. The van der Waals surface area contributed by atoms with Crippen LogP contribution in [-0.2, 0) is 11.9 Å². The Bertz CT molecular complexity index is 333. The fourth-order valence-electron chi connectivity index (χ4n) is 1.09. The Morgan fingerprint density at radius 3 is 2.50 bits per heavy atom. The molecule has 1 rings (SSSR count). The van der Waals surface area contributed by atoms with Crippen molar-refractivity contribution in [1.82, 2.24) is 4.98 Å². The van der Waals surface area contributed by atoms with Crippen molar-refractivity contribution >= 4 is 31.9 Å². The Morgan fingerprint density at radius 2 is 2.07 bits per heavy atom. The molecule has 0 atom stereocenters. The number of aliphatic hydroxyl groups excluding tert-OH is 1. The first-order chi connectivity index (χ1) is 6.61. The van der Waals surface area contributed by atoms with Gasteiger partial charge in [0, 0.05) is 16.0 Å². The van der Waals surface area contributed by atoms with Crippen LogP contribution >= 0.6 is 31.9 Å². The summed E-state index contributed by atoms with van der Waals surface area (Å²) in [5.74, 6) is 0.